The molecule has 0 bridgehead atoms. The van der Waals surface area contributed by atoms with Crippen molar-refractivity contribution in [1.82, 2.24) is 0 Å². The normalized spacial score (nSPS) is 35.3. The predicted octanol–water partition coefficient (Wildman–Crippen LogP) is -1.40. The zero-order valence-corrected chi connectivity index (χ0v) is 31.3. The molecule has 3 aliphatic rings. The Morgan fingerprint density at radius 3 is 1.93 bits per heavy atom. The van der Waals surface area contributed by atoms with Crippen LogP contribution in [0.4, 0.5) is 0 Å². The highest BCUT2D eigenvalue weighted by molar-refractivity contribution is 5.88. The monoisotopic (exact) mass is 824 g/mol. The van der Waals surface area contributed by atoms with Gasteiger partial charge in [0, 0.05) is 31.5 Å². The first-order chi connectivity index (χ1) is 27.4. The lowest BCUT2D eigenvalue weighted by Crippen LogP contribution is -2.65. The maximum atomic E-state index is 13.9. The SMILES string of the molecule is CC(=O)OC1C(C)OC(OCC2OC(Oc3c(-c4ccc(O)cc4)oc4cc(O)cc(O)c4c3=O)C(O)C(O)C2O)C(OC(C)=O)C1OC1OC(C)C(O)C(O)C1O. The average Bonchev–Trinajstić information content (AvgIpc) is 3.15. The summed E-state index contributed by atoms with van der Waals surface area (Å²) in [6.45, 7) is 4.25. The predicted molar refractivity (Wildman–Crippen MR) is 189 cm³/mol. The van der Waals surface area contributed by atoms with Gasteiger partial charge in [0.1, 0.15) is 77.0 Å². The molecule has 3 saturated heterocycles. The van der Waals surface area contributed by atoms with Crippen LogP contribution in [-0.4, -0.2) is 157 Å². The van der Waals surface area contributed by atoms with E-state index in [9.17, 15) is 60.3 Å². The molecule has 15 atom stereocenters. The third kappa shape index (κ3) is 8.70. The van der Waals surface area contributed by atoms with Crippen LogP contribution in [0.3, 0.4) is 0 Å². The number of fused-ring (bicyclic) bond motifs is 1. The van der Waals surface area contributed by atoms with Gasteiger partial charge in [0.25, 0.3) is 0 Å². The number of benzene rings is 2. The number of hydrogen-bond acceptors (Lipinski definition) is 21. The van der Waals surface area contributed by atoms with Crippen molar-refractivity contribution in [3.63, 3.8) is 0 Å². The molecule has 0 amide bonds. The number of rotatable bonds is 10. The van der Waals surface area contributed by atoms with Gasteiger partial charge in [-0.3, -0.25) is 14.4 Å². The molecule has 3 aliphatic heterocycles. The zero-order valence-electron chi connectivity index (χ0n) is 31.3. The van der Waals surface area contributed by atoms with Gasteiger partial charge < -0.3 is 88.3 Å². The Morgan fingerprint density at radius 2 is 1.28 bits per heavy atom. The summed E-state index contributed by atoms with van der Waals surface area (Å²) in [4.78, 5) is 38.4. The van der Waals surface area contributed by atoms with Crippen molar-refractivity contribution in [2.24, 2.45) is 0 Å². The molecule has 9 N–H and O–H groups in total. The largest absolute Gasteiger partial charge is 0.508 e. The maximum absolute atomic E-state index is 13.9. The highest BCUT2D eigenvalue weighted by atomic mass is 16.8. The molecule has 2 aromatic carbocycles. The Hall–Kier alpha value is -4.65. The third-order valence-electron chi connectivity index (χ3n) is 9.81. The minimum absolute atomic E-state index is 0.143. The van der Waals surface area contributed by atoms with Crippen LogP contribution in [0.25, 0.3) is 22.3 Å². The molecule has 58 heavy (non-hydrogen) atoms. The first kappa shape index (κ1) is 42.9. The maximum Gasteiger partial charge on any atom is 0.303 e. The minimum Gasteiger partial charge on any atom is -0.508 e. The molecule has 4 heterocycles. The second-order valence-electron chi connectivity index (χ2n) is 14.1. The van der Waals surface area contributed by atoms with Gasteiger partial charge >= 0.3 is 11.9 Å². The van der Waals surface area contributed by atoms with Crippen LogP contribution >= 0.6 is 0 Å². The summed E-state index contributed by atoms with van der Waals surface area (Å²) >= 11 is 0. The van der Waals surface area contributed by atoms with E-state index in [1.165, 1.54) is 38.1 Å². The van der Waals surface area contributed by atoms with Crippen molar-refractivity contribution in [3.05, 3.63) is 46.6 Å². The van der Waals surface area contributed by atoms with Crippen LogP contribution in [0.15, 0.2) is 45.6 Å². The Balaban J connectivity index is 1.28. The van der Waals surface area contributed by atoms with Crippen LogP contribution in [0, 0.1) is 0 Å². The molecule has 3 fully saturated rings. The van der Waals surface area contributed by atoms with E-state index >= 15 is 0 Å². The number of esters is 2. The minimum atomic E-state index is -2.03. The molecule has 318 valence electrons. The molecule has 15 unspecified atom stereocenters. The van der Waals surface area contributed by atoms with Crippen LogP contribution in [0.5, 0.6) is 23.0 Å². The van der Waals surface area contributed by atoms with Gasteiger partial charge in [-0.05, 0) is 38.1 Å². The van der Waals surface area contributed by atoms with E-state index in [1.807, 2.05) is 0 Å². The molecule has 3 aromatic rings. The zero-order chi connectivity index (χ0) is 42.3. The molecule has 0 spiro atoms. The summed E-state index contributed by atoms with van der Waals surface area (Å²) in [5.41, 5.74) is -1.12. The molecule has 21 heteroatoms. The summed E-state index contributed by atoms with van der Waals surface area (Å²) in [5, 5.41) is 94.2. The summed E-state index contributed by atoms with van der Waals surface area (Å²) in [5.74, 6) is -3.93. The van der Waals surface area contributed by atoms with Crippen LogP contribution in [0.2, 0.25) is 0 Å². The Bertz CT molecular complexity index is 2000. The van der Waals surface area contributed by atoms with E-state index in [0.717, 1.165) is 26.0 Å². The number of aliphatic hydroxyl groups is 6. The highest BCUT2D eigenvalue weighted by Gasteiger charge is 2.54. The van der Waals surface area contributed by atoms with E-state index in [4.69, 9.17) is 42.3 Å². The number of carbonyl (C=O) groups is 2. The first-order valence-corrected chi connectivity index (χ1v) is 18.0. The van der Waals surface area contributed by atoms with Crippen molar-refractivity contribution in [1.29, 1.82) is 0 Å². The summed E-state index contributed by atoms with van der Waals surface area (Å²) in [7, 11) is 0. The number of phenolic OH excluding ortho intramolecular Hbond substituents is 3. The van der Waals surface area contributed by atoms with Crippen molar-refractivity contribution in [2.45, 2.75) is 120 Å². The fourth-order valence-electron chi connectivity index (χ4n) is 6.85. The summed E-state index contributed by atoms with van der Waals surface area (Å²) < 4.78 is 51.8. The van der Waals surface area contributed by atoms with Crippen LogP contribution < -0.4 is 10.2 Å². The number of carbonyl (C=O) groups excluding carboxylic acids is 2. The van der Waals surface area contributed by atoms with E-state index in [-0.39, 0.29) is 22.7 Å². The Morgan fingerprint density at radius 1 is 0.672 bits per heavy atom. The van der Waals surface area contributed by atoms with Crippen molar-refractivity contribution >= 4 is 22.9 Å². The topological polar surface area (TPSA) is 320 Å². The second-order valence-corrected chi connectivity index (χ2v) is 14.1. The molecular weight excluding hydrogens is 780 g/mol. The summed E-state index contributed by atoms with van der Waals surface area (Å²) in [6.07, 6.45) is -24.4. The average molecular weight is 825 g/mol. The number of aliphatic hydroxyl groups excluding tert-OH is 6. The number of aromatic hydroxyl groups is 3. The number of ether oxygens (including phenoxy) is 8. The summed E-state index contributed by atoms with van der Waals surface area (Å²) in [6, 6.07) is 7.17. The fraction of sp³-hybridized carbons (Fsp3) is 0.541. The van der Waals surface area contributed by atoms with Gasteiger partial charge in [-0.2, -0.15) is 0 Å². The molecular formula is C37H44O21. The number of phenols is 3. The van der Waals surface area contributed by atoms with Crippen LogP contribution in [0.1, 0.15) is 27.7 Å². The second kappa shape index (κ2) is 17.3. The quantitative estimate of drug-likeness (QED) is 0.106. The van der Waals surface area contributed by atoms with Gasteiger partial charge in [0.05, 0.1) is 18.8 Å². The van der Waals surface area contributed by atoms with E-state index in [2.05, 4.69) is 0 Å². The molecule has 0 radical (unpaired) electrons. The molecule has 1 aromatic heterocycles. The molecule has 6 rings (SSSR count). The van der Waals surface area contributed by atoms with Gasteiger partial charge in [-0.15, -0.1) is 0 Å². The van der Waals surface area contributed by atoms with Gasteiger partial charge in [0.2, 0.25) is 17.5 Å². The lowest BCUT2D eigenvalue weighted by Gasteiger charge is -2.47. The number of hydrogen-bond donors (Lipinski definition) is 9. The smallest absolute Gasteiger partial charge is 0.303 e. The van der Waals surface area contributed by atoms with Crippen molar-refractivity contribution < 1.29 is 97.9 Å². The highest BCUT2D eigenvalue weighted by Crippen LogP contribution is 2.38. The van der Waals surface area contributed by atoms with Gasteiger partial charge in [-0.25, -0.2) is 0 Å². The lowest BCUT2D eigenvalue weighted by molar-refractivity contribution is -0.359. The lowest BCUT2D eigenvalue weighted by atomic mass is 9.97. The fourth-order valence-corrected chi connectivity index (χ4v) is 6.85. The van der Waals surface area contributed by atoms with Crippen molar-refractivity contribution in [2.75, 3.05) is 6.61 Å². The molecule has 21 nitrogen and oxygen atoms in total. The Labute approximate surface area is 328 Å². The van der Waals surface area contributed by atoms with E-state index in [0.29, 0.717) is 0 Å². The first-order valence-electron chi connectivity index (χ1n) is 18.0. The van der Waals surface area contributed by atoms with E-state index in [1.54, 1.807) is 0 Å². The van der Waals surface area contributed by atoms with Crippen molar-refractivity contribution in [3.8, 4) is 34.3 Å². The van der Waals surface area contributed by atoms with Gasteiger partial charge in [0.15, 0.2) is 30.5 Å². The third-order valence-corrected chi connectivity index (χ3v) is 9.81. The van der Waals surface area contributed by atoms with Gasteiger partial charge in [-0.1, -0.05) is 0 Å². The van der Waals surface area contributed by atoms with E-state index < -0.39 is 139 Å². The van der Waals surface area contributed by atoms with Crippen LogP contribution in [-0.2, 0) is 42.7 Å². The Kier molecular flexibility index (Phi) is 12.8. The standard InChI is InChI=1S/C37H44O21/c1-12-23(43)26(46)28(48)35(51-12)58-33-30(53-14(3)38)13(2)52-37(34(33)54-15(4)39)50-11-21-24(44)27(47)29(49)36(56-21)57-32-25(45)22-19(42)9-18(41)10-20(22)55-31(32)16-5-7-17(40)8-6-16/h5-10,12-13,21,23-24,26-30,33-37,40-44,46-49H,11H2,1-4H3. The molecule has 0 saturated carbocycles. The molecule has 0 aliphatic carbocycles.